The third-order valence-corrected chi connectivity index (χ3v) is 3.56. The van der Waals surface area contributed by atoms with Crippen LogP contribution in [-0.4, -0.2) is 30.1 Å². The smallest absolute Gasteiger partial charge is 0.133 e. The summed E-state index contributed by atoms with van der Waals surface area (Å²) in [6.45, 7) is 2.32. The van der Waals surface area contributed by atoms with Gasteiger partial charge in [-0.1, -0.05) is 19.8 Å². The maximum atomic E-state index is 4.30. The van der Waals surface area contributed by atoms with E-state index in [2.05, 4.69) is 22.2 Å². The fraction of sp³-hybridized carbons (Fsp3) is 0.692. The quantitative estimate of drug-likeness (QED) is 0.872. The summed E-state index contributed by atoms with van der Waals surface area (Å²) >= 11 is 0. The molecule has 4 nitrogen and oxygen atoms in total. The highest BCUT2D eigenvalue weighted by atomic mass is 15.2. The number of hydrogen-bond donors (Lipinski definition) is 1. The van der Waals surface area contributed by atoms with Crippen LogP contribution in [0.3, 0.4) is 0 Å². The molecule has 0 saturated heterocycles. The van der Waals surface area contributed by atoms with E-state index in [0.29, 0.717) is 6.04 Å². The molecule has 94 valence electrons. The van der Waals surface area contributed by atoms with Gasteiger partial charge >= 0.3 is 0 Å². The molecule has 0 aromatic carbocycles. The minimum atomic E-state index is 0.564. The predicted molar refractivity (Wildman–Crippen MR) is 71.4 cm³/mol. The minimum Gasteiger partial charge on any atom is -0.367 e. The zero-order chi connectivity index (χ0) is 12.3. The van der Waals surface area contributed by atoms with Crippen LogP contribution in [0.4, 0.5) is 11.6 Å². The average molecular weight is 234 g/mol. The molecule has 1 aliphatic carbocycles. The van der Waals surface area contributed by atoms with Gasteiger partial charge in [-0.25, -0.2) is 9.97 Å². The maximum absolute atomic E-state index is 4.30. The van der Waals surface area contributed by atoms with Gasteiger partial charge in [-0.15, -0.1) is 0 Å². The summed E-state index contributed by atoms with van der Waals surface area (Å²) in [5, 5.41) is 3.55. The van der Waals surface area contributed by atoms with E-state index in [0.717, 1.165) is 17.6 Å². The number of nitrogens with one attached hydrogen (secondary N) is 1. The largest absolute Gasteiger partial charge is 0.367 e. The van der Waals surface area contributed by atoms with Crippen molar-refractivity contribution in [2.45, 2.75) is 38.6 Å². The molecule has 0 bridgehead atoms. The number of hydrogen-bond acceptors (Lipinski definition) is 4. The Balaban J connectivity index is 2.04. The highest BCUT2D eigenvalue weighted by molar-refractivity contribution is 5.47. The van der Waals surface area contributed by atoms with Crippen molar-refractivity contribution in [3.05, 3.63) is 12.4 Å². The summed E-state index contributed by atoms with van der Waals surface area (Å²) in [4.78, 5) is 10.5. The molecule has 1 aliphatic rings. The van der Waals surface area contributed by atoms with Crippen molar-refractivity contribution in [3.63, 3.8) is 0 Å². The molecular weight excluding hydrogens is 212 g/mol. The predicted octanol–water partition coefficient (Wildman–Crippen LogP) is 2.53. The lowest BCUT2D eigenvalue weighted by Crippen LogP contribution is -2.30. The Kier molecular flexibility index (Phi) is 3.82. The van der Waals surface area contributed by atoms with Crippen LogP contribution in [0.5, 0.6) is 0 Å². The van der Waals surface area contributed by atoms with Gasteiger partial charge in [0.05, 0.1) is 0 Å². The first kappa shape index (κ1) is 12.1. The van der Waals surface area contributed by atoms with Gasteiger partial charge < -0.3 is 10.2 Å². The molecule has 0 aliphatic heterocycles. The topological polar surface area (TPSA) is 41.0 Å². The van der Waals surface area contributed by atoms with Crippen molar-refractivity contribution in [3.8, 4) is 0 Å². The minimum absolute atomic E-state index is 0.564. The molecule has 1 aromatic heterocycles. The Morgan fingerprint density at radius 3 is 2.71 bits per heavy atom. The van der Waals surface area contributed by atoms with Crippen LogP contribution < -0.4 is 10.2 Å². The first-order valence-corrected chi connectivity index (χ1v) is 6.42. The molecule has 4 heteroatoms. The Morgan fingerprint density at radius 1 is 1.24 bits per heavy atom. The lowest BCUT2D eigenvalue weighted by atomic mass is 9.86. The Bertz CT molecular complexity index is 364. The van der Waals surface area contributed by atoms with E-state index in [1.165, 1.54) is 25.7 Å². The molecule has 1 N–H and O–H groups in total. The van der Waals surface area contributed by atoms with Crippen LogP contribution in [0.15, 0.2) is 12.4 Å². The molecular formula is C13H22N4. The summed E-state index contributed by atoms with van der Waals surface area (Å²) in [6.07, 6.45) is 6.90. The lowest BCUT2D eigenvalue weighted by molar-refractivity contribution is 0.349. The summed E-state index contributed by atoms with van der Waals surface area (Å²) in [7, 11) is 3.99. The van der Waals surface area contributed by atoms with Crippen molar-refractivity contribution >= 4 is 11.6 Å². The maximum Gasteiger partial charge on any atom is 0.133 e. The molecule has 1 aromatic rings. The Hall–Kier alpha value is -1.32. The highest BCUT2D eigenvalue weighted by Crippen LogP contribution is 2.26. The molecule has 1 heterocycles. The van der Waals surface area contributed by atoms with Crippen molar-refractivity contribution in [2.24, 2.45) is 5.92 Å². The van der Waals surface area contributed by atoms with E-state index in [1.54, 1.807) is 6.33 Å². The van der Waals surface area contributed by atoms with E-state index in [9.17, 15) is 0 Å². The normalized spacial score (nSPS) is 24.4. The molecule has 0 amide bonds. The second kappa shape index (κ2) is 5.34. The molecule has 2 atom stereocenters. The van der Waals surface area contributed by atoms with Gasteiger partial charge in [0.15, 0.2) is 0 Å². The number of rotatable bonds is 3. The fourth-order valence-corrected chi connectivity index (χ4v) is 2.39. The second-order valence-electron chi connectivity index (χ2n) is 5.17. The van der Waals surface area contributed by atoms with Gasteiger partial charge in [-0.3, -0.25) is 0 Å². The monoisotopic (exact) mass is 234 g/mol. The fourth-order valence-electron chi connectivity index (χ4n) is 2.39. The van der Waals surface area contributed by atoms with Gasteiger partial charge in [0.1, 0.15) is 18.0 Å². The van der Waals surface area contributed by atoms with Crippen LogP contribution in [0, 0.1) is 5.92 Å². The molecule has 0 spiro atoms. The second-order valence-corrected chi connectivity index (χ2v) is 5.17. The average Bonchev–Trinajstić information content (AvgIpc) is 2.32. The van der Waals surface area contributed by atoms with Crippen LogP contribution >= 0.6 is 0 Å². The van der Waals surface area contributed by atoms with E-state index < -0.39 is 0 Å². The molecule has 2 rings (SSSR count). The van der Waals surface area contributed by atoms with Gasteiger partial charge in [-0.05, 0) is 18.8 Å². The standard InChI is InChI=1S/C13H22N4/c1-10-6-4-5-7-11(10)16-12-8-13(17(2)3)15-9-14-12/h8-11H,4-7H2,1-3H3,(H,14,15,16). The highest BCUT2D eigenvalue weighted by Gasteiger charge is 2.21. The van der Waals surface area contributed by atoms with Gasteiger partial charge in [-0.2, -0.15) is 0 Å². The number of anilines is 2. The molecule has 17 heavy (non-hydrogen) atoms. The Morgan fingerprint density at radius 2 is 2.00 bits per heavy atom. The Labute approximate surface area is 103 Å². The van der Waals surface area contributed by atoms with Crippen molar-refractivity contribution in [1.29, 1.82) is 0 Å². The van der Waals surface area contributed by atoms with E-state index in [1.807, 2.05) is 25.1 Å². The summed E-state index contributed by atoms with van der Waals surface area (Å²) in [5.74, 6) is 2.63. The van der Waals surface area contributed by atoms with Gasteiger partial charge in [0.25, 0.3) is 0 Å². The van der Waals surface area contributed by atoms with E-state index in [4.69, 9.17) is 0 Å². The van der Waals surface area contributed by atoms with Crippen LogP contribution in [0.25, 0.3) is 0 Å². The van der Waals surface area contributed by atoms with Gasteiger partial charge in [0.2, 0.25) is 0 Å². The summed E-state index contributed by atoms with van der Waals surface area (Å²) in [5.41, 5.74) is 0. The molecule has 0 radical (unpaired) electrons. The van der Waals surface area contributed by atoms with Crippen molar-refractivity contribution in [2.75, 3.05) is 24.3 Å². The third-order valence-electron chi connectivity index (χ3n) is 3.56. The van der Waals surface area contributed by atoms with Gasteiger partial charge in [0, 0.05) is 26.2 Å². The van der Waals surface area contributed by atoms with Crippen LogP contribution in [0.2, 0.25) is 0 Å². The van der Waals surface area contributed by atoms with Crippen molar-refractivity contribution < 1.29 is 0 Å². The third kappa shape index (κ3) is 3.08. The zero-order valence-corrected chi connectivity index (χ0v) is 11.0. The molecule has 1 fully saturated rings. The zero-order valence-electron chi connectivity index (χ0n) is 11.0. The summed E-state index contributed by atoms with van der Waals surface area (Å²) < 4.78 is 0. The van der Waals surface area contributed by atoms with Crippen molar-refractivity contribution in [1.82, 2.24) is 9.97 Å². The molecule has 2 unspecified atom stereocenters. The van der Waals surface area contributed by atoms with E-state index >= 15 is 0 Å². The summed E-state index contributed by atoms with van der Waals surface area (Å²) in [6, 6.07) is 2.58. The van der Waals surface area contributed by atoms with Crippen LogP contribution in [0.1, 0.15) is 32.6 Å². The first-order valence-electron chi connectivity index (χ1n) is 6.42. The SMILES string of the molecule is CC1CCCCC1Nc1cc(N(C)C)ncn1. The molecule has 1 saturated carbocycles. The number of aromatic nitrogens is 2. The lowest BCUT2D eigenvalue weighted by Gasteiger charge is -2.30. The van der Waals surface area contributed by atoms with Crippen LogP contribution in [-0.2, 0) is 0 Å². The number of nitrogens with zero attached hydrogens (tertiary/aromatic N) is 3. The van der Waals surface area contributed by atoms with E-state index in [-0.39, 0.29) is 0 Å². The first-order chi connectivity index (χ1) is 8.16.